The highest BCUT2D eigenvalue weighted by Gasteiger charge is 2.23. The van der Waals surface area contributed by atoms with Gasteiger partial charge in [0.25, 0.3) is 0 Å². The van der Waals surface area contributed by atoms with E-state index in [4.69, 9.17) is 0 Å². The van der Waals surface area contributed by atoms with E-state index < -0.39 is 0 Å². The lowest BCUT2D eigenvalue weighted by Gasteiger charge is -2.27. The molecule has 1 heterocycles. The van der Waals surface area contributed by atoms with Crippen LogP contribution in [0.5, 0.6) is 0 Å². The maximum absolute atomic E-state index is 12.3. The minimum Gasteiger partial charge on any atom is -0.340 e. The van der Waals surface area contributed by atoms with Crippen molar-refractivity contribution in [1.29, 1.82) is 0 Å². The van der Waals surface area contributed by atoms with Crippen LogP contribution in [0, 0.1) is 6.92 Å². The van der Waals surface area contributed by atoms with Crippen molar-refractivity contribution in [3.8, 4) is 0 Å². The molecule has 0 aromatic heterocycles. The lowest BCUT2D eigenvalue weighted by atomic mass is 10.0. The van der Waals surface area contributed by atoms with E-state index in [-0.39, 0.29) is 24.4 Å². The number of likely N-dealkylation sites (N-methyl/N-ethyl adjacent to an activating group) is 1. The van der Waals surface area contributed by atoms with Crippen molar-refractivity contribution < 1.29 is 4.79 Å². The first kappa shape index (κ1) is 16.0. The fraction of sp³-hybridized carbons (Fsp3) is 0.533. The van der Waals surface area contributed by atoms with Crippen LogP contribution in [0.4, 0.5) is 0 Å². The number of halogens is 1. The molecule has 1 aromatic rings. The summed E-state index contributed by atoms with van der Waals surface area (Å²) in [6.07, 6.45) is 3.31. The Hall–Kier alpha value is -1.06. The molecular weight excluding hydrogens is 260 g/mol. The third-order valence-electron chi connectivity index (χ3n) is 3.49. The van der Waals surface area contributed by atoms with Crippen molar-refractivity contribution >= 4 is 18.3 Å². The standard InChI is InChI=1S/C15H22N2O.ClH/c1-12-6-5-7-13(10-12)11-17(2)15(18)14-8-3-4-9-16-14;/h5-7,10,14,16H,3-4,8-9,11H2,1-2H3;1H. The van der Waals surface area contributed by atoms with Crippen LogP contribution in [0.2, 0.25) is 0 Å². The normalized spacial score (nSPS) is 18.5. The van der Waals surface area contributed by atoms with Crippen molar-refractivity contribution in [2.45, 2.75) is 38.8 Å². The topological polar surface area (TPSA) is 32.3 Å². The molecule has 1 saturated heterocycles. The monoisotopic (exact) mass is 282 g/mol. The Morgan fingerprint density at radius 1 is 1.42 bits per heavy atom. The van der Waals surface area contributed by atoms with Crippen molar-refractivity contribution in [3.63, 3.8) is 0 Å². The van der Waals surface area contributed by atoms with Crippen LogP contribution in [0.3, 0.4) is 0 Å². The van der Waals surface area contributed by atoms with Gasteiger partial charge >= 0.3 is 0 Å². The fourth-order valence-electron chi connectivity index (χ4n) is 2.49. The van der Waals surface area contributed by atoms with Crippen molar-refractivity contribution in [2.24, 2.45) is 0 Å². The summed E-state index contributed by atoms with van der Waals surface area (Å²) < 4.78 is 0. The van der Waals surface area contributed by atoms with E-state index in [1.807, 2.05) is 18.0 Å². The number of hydrogen-bond donors (Lipinski definition) is 1. The number of aryl methyl sites for hydroxylation is 1. The highest BCUT2D eigenvalue weighted by atomic mass is 35.5. The first-order valence-electron chi connectivity index (χ1n) is 6.71. The van der Waals surface area contributed by atoms with E-state index in [0.29, 0.717) is 6.54 Å². The van der Waals surface area contributed by atoms with Gasteiger partial charge in [-0.25, -0.2) is 0 Å². The molecule has 1 unspecified atom stereocenters. The number of nitrogens with zero attached hydrogens (tertiary/aromatic N) is 1. The second-order valence-electron chi connectivity index (χ2n) is 5.19. The van der Waals surface area contributed by atoms with Crippen molar-refractivity contribution in [2.75, 3.05) is 13.6 Å². The molecule has 4 heteroatoms. The molecule has 2 rings (SSSR count). The fourth-order valence-corrected chi connectivity index (χ4v) is 2.49. The van der Waals surface area contributed by atoms with Gasteiger partial charge in [0.2, 0.25) is 5.91 Å². The first-order chi connectivity index (χ1) is 8.66. The molecule has 0 aliphatic carbocycles. The number of carbonyl (C=O) groups excluding carboxylic acids is 1. The predicted molar refractivity (Wildman–Crippen MR) is 80.5 cm³/mol. The largest absolute Gasteiger partial charge is 0.340 e. The van der Waals surface area contributed by atoms with Gasteiger partial charge in [-0.1, -0.05) is 36.2 Å². The molecule has 1 aliphatic rings. The van der Waals surface area contributed by atoms with E-state index in [0.717, 1.165) is 19.4 Å². The SMILES string of the molecule is Cc1cccc(CN(C)C(=O)C2CCCCN2)c1.Cl. The molecule has 1 aliphatic heterocycles. The molecule has 0 saturated carbocycles. The average Bonchev–Trinajstić information content (AvgIpc) is 2.39. The molecule has 19 heavy (non-hydrogen) atoms. The first-order valence-corrected chi connectivity index (χ1v) is 6.71. The molecule has 3 nitrogen and oxygen atoms in total. The number of amides is 1. The van der Waals surface area contributed by atoms with Gasteiger partial charge < -0.3 is 10.2 Å². The lowest BCUT2D eigenvalue weighted by Crippen LogP contribution is -2.46. The van der Waals surface area contributed by atoms with Crippen LogP contribution in [-0.2, 0) is 11.3 Å². The molecule has 1 fully saturated rings. The van der Waals surface area contributed by atoms with Crippen LogP contribution >= 0.6 is 12.4 Å². The predicted octanol–water partition coefficient (Wildman–Crippen LogP) is 2.52. The Balaban J connectivity index is 0.00000180. The van der Waals surface area contributed by atoms with Crippen LogP contribution in [-0.4, -0.2) is 30.4 Å². The van der Waals surface area contributed by atoms with Gasteiger partial charge in [-0.15, -0.1) is 12.4 Å². The zero-order valence-electron chi connectivity index (χ0n) is 11.7. The molecule has 106 valence electrons. The summed E-state index contributed by atoms with van der Waals surface area (Å²) in [5, 5.41) is 3.31. The Labute approximate surface area is 121 Å². The minimum atomic E-state index is 0. The zero-order chi connectivity index (χ0) is 13.0. The summed E-state index contributed by atoms with van der Waals surface area (Å²) >= 11 is 0. The minimum absolute atomic E-state index is 0. The summed E-state index contributed by atoms with van der Waals surface area (Å²) in [5.74, 6) is 0.219. The molecule has 1 amide bonds. The Bertz CT molecular complexity index is 416. The van der Waals surface area contributed by atoms with Crippen LogP contribution < -0.4 is 5.32 Å². The number of benzene rings is 1. The quantitative estimate of drug-likeness (QED) is 0.924. The maximum Gasteiger partial charge on any atom is 0.239 e. The molecule has 0 radical (unpaired) electrons. The van der Waals surface area contributed by atoms with Gasteiger partial charge in [-0.2, -0.15) is 0 Å². The van der Waals surface area contributed by atoms with Crippen molar-refractivity contribution in [3.05, 3.63) is 35.4 Å². The zero-order valence-corrected chi connectivity index (χ0v) is 12.5. The summed E-state index contributed by atoms with van der Waals surface area (Å²) in [7, 11) is 1.89. The van der Waals surface area contributed by atoms with Crippen LogP contribution in [0.15, 0.2) is 24.3 Å². The van der Waals surface area contributed by atoms with E-state index in [2.05, 4.69) is 30.4 Å². The molecule has 1 atom stereocenters. The third kappa shape index (κ3) is 4.51. The number of hydrogen-bond acceptors (Lipinski definition) is 2. The van der Waals surface area contributed by atoms with Gasteiger partial charge in [0, 0.05) is 13.6 Å². The second kappa shape index (κ2) is 7.51. The van der Waals surface area contributed by atoms with E-state index in [9.17, 15) is 4.79 Å². The van der Waals surface area contributed by atoms with Gasteiger partial charge in [0.05, 0.1) is 6.04 Å². The van der Waals surface area contributed by atoms with Crippen molar-refractivity contribution in [1.82, 2.24) is 10.2 Å². The molecule has 0 spiro atoms. The van der Waals surface area contributed by atoms with Crippen LogP contribution in [0.1, 0.15) is 30.4 Å². The maximum atomic E-state index is 12.3. The molecule has 0 bridgehead atoms. The average molecular weight is 283 g/mol. The second-order valence-corrected chi connectivity index (χ2v) is 5.19. The highest BCUT2D eigenvalue weighted by Crippen LogP contribution is 2.12. The summed E-state index contributed by atoms with van der Waals surface area (Å²) in [4.78, 5) is 14.1. The lowest BCUT2D eigenvalue weighted by molar-refractivity contribution is -0.133. The van der Waals surface area contributed by atoms with Crippen LogP contribution in [0.25, 0.3) is 0 Å². The third-order valence-corrected chi connectivity index (χ3v) is 3.49. The smallest absolute Gasteiger partial charge is 0.239 e. The summed E-state index contributed by atoms with van der Waals surface area (Å²) in [6, 6.07) is 8.35. The molecule has 1 aromatic carbocycles. The van der Waals surface area contributed by atoms with E-state index in [1.165, 1.54) is 17.5 Å². The highest BCUT2D eigenvalue weighted by molar-refractivity contribution is 5.85. The number of piperidine rings is 1. The Morgan fingerprint density at radius 2 is 2.21 bits per heavy atom. The van der Waals surface area contributed by atoms with Gasteiger partial charge in [0.1, 0.15) is 0 Å². The molecular formula is C15H23ClN2O. The van der Waals surface area contributed by atoms with E-state index in [1.54, 1.807) is 0 Å². The van der Waals surface area contributed by atoms with Gasteiger partial charge in [-0.05, 0) is 31.9 Å². The Kier molecular flexibility index (Phi) is 6.32. The van der Waals surface area contributed by atoms with Gasteiger partial charge in [0.15, 0.2) is 0 Å². The summed E-state index contributed by atoms with van der Waals surface area (Å²) in [6.45, 7) is 3.74. The Morgan fingerprint density at radius 3 is 2.84 bits per heavy atom. The number of nitrogens with one attached hydrogen (secondary N) is 1. The van der Waals surface area contributed by atoms with E-state index >= 15 is 0 Å². The summed E-state index contributed by atoms with van der Waals surface area (Å²) in [5.41, 5.74) is 2.44. The number of carbonyl (C=O) groups is 1. The number of rotatable bonds is 3. The van der Waals surface area contributed by atoms with Gasteiger partial charge in [-0.3, -0.25) is 4.79 Å². The molecule has 1 N–H and O–H groups in total.